The molecule has 0 bridgehead atoms. The number of rotatable bonds is 10. The highest BCUT2D eigenvalue weighted by Gasteiger charge is 2.53. The van der Waals surface area contributed by atoms with Crippen molar-refractivity contribution in [2.75, 3.05) is 52.9 Å². The van der Waals surface area contributed by atoms with Gasteiger partial charge in [-0.05, 0) is 66.5 Å². The largest absolute Gasteiger partial charge is 0.497 e. The van der Waals surface area contributed by atoms with Crippen LogP contribution in [0.1, 0.15) is 58.4 Å². The monoisotopic (exact) mass is 664 g/mol. The van der Waals surface area contributed by atoms with Crippen molar-refractivity contribution < 1.29 is 33.3 Å². The second kappa shape index (κ2) is 12.4. The van der Waals surface area contributed by atoms with E-state index in [1.165, 1.54) is 12.8 Å². The molecule has 1 aliphatic carbocycles. The molecule has 11 heteroatoms. The number of amides is 2. The second-order valence-corrected chi connectivity index (χ2v) is 13.4. The molecule has 2 amide bonds. The number of ether oxygens (including phenoxy) is 5. The van der Waals surface area contributed by atoms with Crippen LogP contribution in [-0.4, -0.2) is 87.5 Å². The summed E-state index contributed by atoms with van der Waals surface area (Å²) in [6.07, 6.45) is 8.55. The van der Waals surface area contributed by atoms with Crippen molar-refractivity contribution in [3.05, 3.63) is 71.4 Å². The van der Waals surface area contributed by atoms with Gasteiger partial charge >= 0.3 is 0 Å². The molecule has 1 N–H and O–H groups in total. The molecule has 2 atom stereocenters. The molecule has 1 saturated heterocycles. The number of carbonyl (C=O) groups excluding carboxylic acids is 2. The van der Waals surface area contributed by atoms with E-state index in [1.54, 1.807) is 39.5 Å². The van der Waals surface area contributed by atoms with Gasteiger partial charge in [0.2, 0.25) is 0 Å². The lowest BCUT2D eigenvalue weighted by atomic mass is 10.0. The summed E-state index contributed by atoms with van der Waals surface area (Å²) in [4.78, 5) is 35.7. The van der Waals surface area contributed by atoms with E-state index in [-0.39, 0.29) is 23.9 Å². The summed E-state index contributed by atoms with van der Waals surface area (Å²) in [6, 6.07) is 15.1. The van der Waals surface area contributed by atoms with E-state index in [2.05, 4.69) is 5.32 Å². The van der Waals surface area contributed by atoms with Crippen molar-refractivity contribution in [1.29, 1.82) is 0 Å². The fourth-order valence-corrected chi connectivity index (χ4v) is 7.43. The van der Waals surface area contributed by atoms with Gasteiger partial charge in [0, 0.05) is 44.1 Å². The maximum absolute atomic E-state index is 13.7. The third-order valence-corrected chi connectivity index (χ3v) is 10.4. The molecule has 0 aromatic heterocycles. The highest BCUT2D eigenvalue weighted by molar-refractivity contribution is 6.04. The standard InChI is InChI=1S/C38H40N4O7/c1-45-27-7-5-23(6-8-27)24-13-25-19-39-30-16-34(32(46-2)14-28(30)36(43)41(25)21-24)48-11-4-12-49-35-17-31-29(15-33(35)47-3)37(44)42-22-38(9-10-38)18-26(42)20-40-31/h5-8,14-17,20-21,25-26,39H,4,9-13,18-19,22H2,1-3H3/t25-,26?/m0/s1. The number of nitrogens with one attached hydrogen (secondary N) is 1. The minimum atomic E-state index is -0.0836. The number of nitrogens with zero attached hydrogens (tertiary/aromatic N) is 3. The van der Waals surface area contributed by atoms with Crippen LogP contribution in [0, 0.1) is 5.41 Å². The van der Waals surface area contributed by atoms with Gasteiger partial charge in [0.05, 0.1) is 69.1 Å². The number of methoxy groups -OCH3 is 3. The van der Waals surface area contributed by atoms with E-state index in [1.807, 2.05) is 52.5 Å². The van der Waals surface area contributed by atoms with Gasteiger partial charge in [0.1, 0.15) is 5.75 Å². The molecule has 4 heterocycles. The maximum Gasteiger partial charge on any atom is 0.260 e. The van der Waals surface area contributed by atoms with E-state index < -0.39 is 0 Å². The summed E-state index contributed by atoms with van der Waals surface area (Å²) in [5.41, 5.74) is 4.86. The van der Waals surface area contributed by atoms with Gasteiger partial charge in [-0.3, -0.25) is 14.6 Å². The summed E-state index contributed by atoms with van der Waals surface area (Å²) in [7, 11) is 4.79. The van der Waals surface area contributed by atoms with Crippen LogP contribution < -0.4 is 29.0 Å². The molecule has 254 valence electrons. The first kappa shape index (κ1) is 31.1. The first-order valence-corrected chi connectivity index (χ1v) is 16.8. The quantitative estimate of drug-likeness (QED) is 0.265. The molecule has 4 aliphatic heterocycles. The third-order valence-electron chi connectivity index (χ3n) is 10.4. The number of benzene rings is 3. The lowest BCUT2D eigenvalue weighted by molar-refractivity contribution is 0.0765. The zero-order chi connectivity index (χ0) is 33.7. The third kappa shape index (κ3) is 5.70. The van der Waals surface area contributed by atoms with E-state index in [0.29, 0.717) is 77.1 Å². The van der Waals surface area contributed by atoms with Crippen LogP contribution in [0.25, 0.3) is 5.57 Å². The number of hydrogen-bond acceptors (Lipinski definition) is 9. The Balaban J connectivity index is 0.910. The van der Waals surface area contributed by atoms with E-state index in [0.717, 1.165) is 36.3 Å². The molecular weight excluding hydrogens is 624 g/mol. The molecule has 5 aliphatic rings. The smallest absolute Gasteiger partial charge is 0.260 e. The van der Waals surface area contributed by atoms with Gasteiger partial charge in [-0.2, -0.15) is 0 Å². The molecule has 49 heavy (non-hydrogen) atoms. The van der Waals surface area contributed by atoms with Gasteiger partial charge in [-0.15, -0.1) is 0 Å². The van der Waals surface area contributed by atoms with Gasteiger partial charge in [0.15, 0.2) is 23.0 Å². The van der Waals surface area contributed by atoms with E-state index >= 15 is 0 Å². The molecule has 11 nitrogen and oxygen atoms in total. The van der Waals surface area contributed by atoms with E-state index in [4.69, 9.17) is 28.7 Å². The Morgan fingerprint density at radius 2 is 1.57 bits per heavy atom. The number of fused-ring (bicyclic) bond motifs is 4. The summed E-state index contributed by atoms with van der Waals surface area (Å²) in [6.45, 7) is 2.11. The molecule has 1 unspecified atom stereocenters. The van der Waals surface area contributed by atoms with Gasteiger partial charge in [0.25, 0.3) is 11.8 Å². The lowest BCUT2D eigenvalue weighted by Crippen LogP contribution is -2.35. The van der Waals surface area contributed by atoms with Crippen LogP contribution in [0.15, 0.2) is 59.7 Å². The van der Waals surface area contributed by atoms with Crippen molar-refractivity contribution in [3.63, 3.8) is 0 Å². The molecule has 2 fully saturated rings. The predicted molar refractivity (Wildman–Crippen MR) is 185 cm³/mol. The molecule has 0 radical (unpaired) electrons. The van der Waals surface area contributed by atoms with Gasteiger partial charge < -0.3 is 38.8 Å². The predicted octanol–water partition coefficient (Wildman–Crippen LogP) is 5.95. The molecule has 3 aromatic carbocycles. The van der Waals surface area contributed by atoms with E-state index in [9.17, 15) is 9.59 Å². The van der Waals surface area contributed by atoms with Gasteiger partial charge in [-0.25, -0.2) is 0 Å². The summed E-state index contributed by atoms with van der Waals surface area (Å²) >= 11 is 0. The minimum absolute atomic E-state index is 0.000542. The zero-order valence-electron chi connectivity index (χ0n) is 28.0. The molecule has 1 saturated carbocycles. The fourth-order valence-electron chi connectivity index (χ4n) is 7.43. The highest BCUT2D eigenvalue weighted by Crippen LogP contribution is 2.55. The van der Waals surface area contributed by atoms with Crippen LogP contribution in [0.5, 0.6) is 28.7 Å². The average Bonchev–Trinajstić information content (AvgIpc) is 3.66. The lowest BCUT2D eigenvalue weighted by Gasteiger charge is -2.21. The number of carbonyl (C=O) groups is 2. The first-order chi connectivity index (χ1) is 23.9. The number of hydrogen-bond donors (Lipinski definition) is 1. The summed E-state index contributed by atoms with van der Waals surface area (Å²) < 4.78 is 28.8. The normalized spacial score (nSPS) is 21.1. The Kier molecular flexibility index (Phi) is 7.85. The molecule has 1 spiro atoms. The summed E-state index contributed by atoms with van der Waals surface area (Å²) in [5.74, 6) is 2.77. The van der Waals surface area contributed by atoms with Crippen molar-refractivity contribution in [3.8, 4) is 28.7 Å². The van der Waals surface area contributed by atoms with Crippen LogP contribution in [-0.2, 0) is 0 Å². The molecule has 3 aromatic rings. The highest BCUT2D eigenvalue weighted by atomic mass is 16.5. The van der Waals surface area contributed by atoms with Crippen molar-refractivity contribution in [1.82, 2.24) is 9.80 Å². The van der Waals surface area contributed by atoms with Crippen LogP contribution in [0.2, 0.25) is 0 Å². The topological polar surface area (TPSA) is 111 Å². The maximum atomic E-state index is 13.7. The van der Waals surface area contributed by atoms with Crippen molar-refractivity contribution >= 4 is 35.0 Å². The SMILES string of the molecule is COc1ccc(C2=CN3C(=O)c4cc(OC)c(OCCCOc5cc6c(cc5OC)C(=O)N5CC7(CC7)CC5C=N6)cc4NC[C@@H]3C2)cc1. The Labute approximate surface area is 285 Å². The number of anilines is 1. The van der Waals surface area contributed by atoms with Crippen LogP contribution >= 0.6 is 0 Å². The Morgan fingerprint density at radius 1 is 0.857 bits per heavy atom. The first-order valence-electron chi connectivity index (χ1n) is 16.8. The average molecular weight is 665 g/mol. The summed E-state index contributed by atoms with van der Waals surface area (Å²) in [5, 5.41) is 3.47. The van der Waals surface area contributed by atoms with Crippen molar-refractivity contribution in [2.45, 2.75) is 44.2 Å². The van der Waals surface area contributed by atoms with Crippen molar-refractivity contribution in [2.24, 2.45) is 10.4 Å². The Morgan fingerprint density at radius 3 is 2.27 bits per heavy atom. The second-order valence-electron chi connectivity index (χ2n) is 13.4. The fraction of sp³-hybridized carbons (Fsp3) is 0.395. The number of aliphatic imine (C=N–C) groups is 1. The van der Waals surface area contributed by atoms with Crippen LogP contribution in [0.3, 0.4) is 0 Å². The Hall–Kier alpha value is -5.19. The Bertz CT molecular complexity index is 1870. The van der Waals surface area contributed by atoms with Gasteiger partial charge in [-0.1, -0.05) is 12.1 Å². The minimum Gasteiger partial charge on any atom is -0.497 e. The zero-order valence-corrected chi connectivity index (χ0v) is 28.0. The molecular formula is C38H40N4O7. The van der Waals surface area contributed by atoms with Crippen LogP contribution in [0.4, 0.5) is 11.4 Å². The molecule has 8 rings (SSSR count).